The van der Waals surface area contributed by atoms with Gasteiger partial charge in [-0.2, -0.15) is 13.2 Å². The lowest BCUT2D eigenvalue weighted by atomic mass is 10.1. The topological polar surface area (TPSA) is 88.9 Å². The Labute approximate surface area is 194 Å². The van der Waals surface area contributed by atoms with Crippen LogP contribution in [0.3, 0.4) is 0 Å². The highest BCUT2D eigenvalue weighted by Gasteiger charge is 2.43. The first-order valence-electron chi connectivity index (χ1n) is 10.6. The number of rotatable bonds is 5. The van der Waals surface area contributed by atoms with Crippen LogP contribution in [0, 0.1) is 6.92 Å². The van der Waals surface area contributed by atoms with Crippen molar-refractivity contribution >= 4 is 26.8 Å². The number of benzene rings is 2. The number of esters is 1. The molecule has 4 rings (SSSR count). The maximum Gasteiger partial charge on any atom is 0.490 e. The van der Waals surface area contributed by atoms with E-state index in [1.54, 1.807) is 23.1 Å². The fourth-order valence-corrected chi connectivity index (χ4v) is 5.21. The minimum Gasteiger partial charge on any atom is -0.464 e. The lowest BCUT2D eigenvalue weighted by Gasteiger charge is -2.29. The Balaban J connectivity index is 1.70. The zero-order chi connectivity index (χ0) is 24.5. The molecule has 1 N–H and O–H groups in total. The van der Waals surface area contributed by atoms with E-state index >= 15 is 0 Å². The molecule has 1 atom stereocenters. The van der Waals surface area contributed by atoms with Crippen LogP contribution in [0.1, 0.15) is 17.5 Å². The monoisotopic (exact) mass is 496 g/mol. The van der Waals surface area contributed by atoms with E-state index in [1.165, 1.54) is 30.5 Å². The third-order valence-electron chi connectivity index (χ3n) is 5.62. The number of nitrogens with one attached hydrogen (secondary N) is 1. The van der Waals surface area contributed by atoms with Crippen molar-refractivity contribution in [3.8, 4) is 0 Å². The average molecular weight is 497 g/mol. The number of carbonyl (C=O) groups is 1. The molecule has 7 nitrogen and oxygen atoms in total. The predicted octanol–water partition coefficient (Wildman–Crippen LogP) is 3.80. The SMILES string of the molecule is Cc1ccc(S(=O)(=O)c2cc(CN3CCCNCC3OC(=O)C(F)(F)F)c3occc3c2)cc1. The molecule has 3 aromatic rings. The molecule has 34 heavy (non-hydrogen) atoms. The largest absolute Gasteiger partial charge is 0.490 e. The summed E-state index contributed by atoms with van der Waals surface area (Å²) in [7, 11) is -3.85. The minimum absolute atomic E-state index is 0.00444. The van der Waals surface area contributed by atoms with Gasteiger partial charge in [-0.25, -0.2) is 13.2 Å². The van der Waals surface area contributed by atoms with Crippen LogP contribution in [-0.4, -0.2) is 51.3 Å². The fourth-order valence-electron chi connectivity index (χ4n) is 3.86. The lowest BCUT2D eigenvalue weighted by Crippen LogP contribution is -2.45. The molecule has 1 fully saturated rings. The van der Waals surface area contributed by atoms with E-state index in [1.807, 2.05) is 6.92 Å². The van der Waals surface area contributed by atoms with Gasteiger partial charge in [0.25, 0.3) is 0 Å². The van der Waals surface area contributed by atoms with Crippen molar-refractivity contribution in [3.63, 3.8) is 0 Å². The predicted molar refractivity (Wildman–Crippen MR) is 117 cm³/mol. The highest BCUT2D eigenvalue weighted by atomic mass is 32.2. The molecule has 182 valence electrons. The number of alkyl halides is 3. The van der Waals surface area contributed by atoms with Crippen molar-refractivity contribution < 1.29 is 35.5 Å². The summed E-state index contributed by atoms with van der Waals surface area (Å²) in [6.07, 6.45) is -4.28. The van der Waals surface area contributed by atoms with Crippen LogP contribution in [0.25, 0.3) is 11.0 Å². The number of fused-ring (bicyclic) bond motifs is 1. The lowest BCUT2D eigenvalue weighted by molar-refractivity contribution is -0.212. The summed E-state index contributed by atoms with van der Waals surface area (Å²) in [4.78, 5) is 13.2. The smallest absolute Gasteiger partial charge is 0.464 e. The minimum atomic E-state index is -5.12. The molecule has 2 aromatic carbocycles. The summed E-state index contributed by atoms with van der Waals surface area (Å²) < 4.78 is 75.3. The molecule has 1 unspecified atom stereocenters. The molecule has 1 aliphatic rings. The summed E-state index contributed by atoms with van der Waals surface area (Å²) in [5, 5.41) is 3.50. The van der Waals surface area contributed by atoms with Gasteiger partial charge in [-0.15, -0.1) is 0 Å². The van der Waals surface area contributed by atoms with Gasteiger partial charge in [-0.1, -0.05) is 17.7 Å². The van der Waals surface area contributed by atoms with Crippen LogP contribution < -0.4 is 5.32 Å². The van der Waals surface area contributed by atoms with Gasteiger partial charge in [0.05, 0.1) is 16.1 Å². The molecule has 11 heteroatoms. The number of nitrogens with zero attached hydrogens (tertiary/aromatic N) is 1. The molecule has 0 bridgehead atoms. The zero-order valence-corrected chi connectivity index (χ0v) is 19.1. The van der Waals surface area contributed by atoms with Crippen molar-refractivity contribution in [1.82, 2.24) is 10.2 Å². The number of sulfone groups is 1. The number of hydrogen-bond acceptors (Lipinski definition) is 7. The maximum absolute atomic E-state index is 13.3. The Morgan fingerprint density at radius 2 is 1.91 bits per heavy atom. The van der Waals surface area contributed by atoms with Gasteiger partial charge in [0.15, 0.2) is 6.23 Å². The van der Waals surface area contributed by atoms with Gasteiger partial charge < -0.3 is 14.5 Å². The van der Waals surface area contributed by atoms with Gasteiger partial charge in [-0.05, 0) is 50.2 Å². The van der Waals surface area contributed by atoms with Crippen LogP contribution in [0.15, 0.2) is 62.9 Å². The molecule has 0 spiro atoms. The second-order valence-electron chi connectivity index (χ2n) is 8.12. The van der Waals surface area contributed by atoms with Gasteiger partial charge in [-0.3, -0.25) is 4.90 Å². The van der Waals surface area contributed by atoms with Crippen molar-refractivity contribution in [2.45, 2.75) is 42.1 Å². The Morgan fingerprint density at radius 1 is 1.18 bits per heavy atom. The zero-order valence-electron chi connectivity index (χ0n) is 18.3. The van der Waals surface area contributed by atoms with Crippen LogP contribution in [-0.2, 0) is 25.9 Å². The van der Waals surface area contributed by atoms with Crippen LogP contribution in [0.5, 0.6) is 0 Å². The standard InChI is InChI=1S/C23H23F3N2O5S/c1-15-3-5-18(6-4-15)34(30,31)19-11-16-7-10-32-21(16)17(12-19)14-28-9-2-8-27-13-20(28)33-22(29)23(24,25)26/h3-7,10-12,20,27H,2,8-9,13-14H2,1H3. The molecular formula is C23H23F3N2O5S. The van der Waals surface area contributed by atoms with E-state index in [-0.39, 0.29) is 22.9 Å². The van der Waals surface area contributed by atoms with Gasteiger partial charge in [0.2, 0.25) is 9.84 Å². The van der Waals surface area contributed by atoms with Crippen molar-refractivity contribution in [2.75, 3.05) is 19.6 Å². The van der Waals surface area contributed by atoms with E-state index < -0.39 is 28.2 Å². The van der Waals surface area contributed by atoms with Crippen molar-refractivity contribution in [3.05, 3.63) is 59.9 Å². The van der Waals surface area contributed by atoms with Gasteiger partial charge in [0, 0.05) is 30.6 Å². The van der Waals surface area contributed by atoms with E-state index in [4.69, 9.17) is 9.15 Å². The Morgan fingerprint density at radius 3 is 2.62 bits per heavy atom. The quantitative estimate of drug-likeness (QED) is 0.538. The molecule has 1 saturated heterocycles. The van der Waals surface area contributed by atoms with E-state index in [0.717, 1.165) is 5.56 Å². The third kappa shape index (κ3) is 5.11. The molecule has 1 aromatic heterocycles. The molecule has 0 saturated carbocycles. The van der Waals surface area contributed by atoms with Crippen LogP contribution in [0.2, 0.25) is 0 Å². The van der Waals surface area contributed by atoms with Gasteiger partial charge >= 0.3 is 12.1 Å². The molecule has 1 aliphatic heterocycles. The second-order valence-corrected chi connectivity index (χ2v) is 10.1. The second kappa shape index (κ2) is 9.40. The highest BCUT2D eigenvalue weighted by Crippen LogP contribution is 2.30. The van der Waals surface area contributed by atoms with Crippen molar-refractivity contribution in [1.29, 1.82) is 0 Å². The third-order valence-corrected chi connectivity index (χ3v) is 7.37. The summed E-state index contributed by atoms with van der Waals surface area (Å²) >= 11 is 0. The van der Waals surface area contributed by atoms with E-state index in [2.05, 4.69) is 5.32 Å². The molecule has 0 aliphatic carbocycles. The molecule has 2 heterocycles. The van der Waals surface area contributed by atoms with Crippen LogP contribution in [0.4, 0.5) is 13.2 Å². The summed E-state index contributed by atoms with van der Waals surface area (Å²) in [6, 6.07) is 11.0. The number of furan rings is 1. The van der Waals surface area contributed by atoms with E-state index in [0.29, 0.717) is 36.0 Å². The Bertz CT molecular complexity index is 1290. The normalized spacial score (nSPS) is 18.1. The Kier molecular flexibility index (Phi) is 6.70. The first-order valence-corrected chi connectivity index (χ1v) is 12.1. The van der Waals surface area contributed by atoms with Crippen LogP contribution >= 0.6 is 0 Å². The summed E-state index contributed by atoms with van der Waals surface area (Å²) in [5.41, 5.74) is 1.79. The first kappa shape index (κ1) is 24.2. The number of carbonyl (C=O) groups excluding carboxylic acids is 1. The summed E-state index contributed by atoms with van der Waals surface area (Å²) in [6.45, 7) is 2.75. The fraction of sp³-hybridized carbons (Fsp3) is 0.348. The highest BCUT2D eigenvalue weighted by molar-refractivity contribution is 7.91. The molecule has 0 radical (unpaired) electrons. The summed E-state index contributed by atoms with van der Waals surface area (Å²) in [5.74, 6) is -2.27. The number of hydrogen-bond donors (Lipinski definition) is 1. The number of ether oxygens (including phenoxy) is 1. The average Bonchev–Trinajstić information content (AvgIpc) is 3.16. The van der Waals surface area contributed by atoms with Crippen molar-refractivity contribution in [2.24, 2.45) is 0 Å². The van der Waals surface area contributed by atoms with E-state index in [9.17, 15) is 26.4 Å². The Hall–Kier alpha value is -2.89. The molecule has 0 amide bonds. The number of aryl methyl sites for hydroxylation is 1. The molecular weight excluding hydrogens is 473 g/mol. The number of halogens is 3. The first-order chi connectivity index (χ1) is 16.1. The maximum atomic E-state index is 13.3. The van der Waals surface area contributed by atoms with Gasteiger partial charge in [0.1, 0.15) is 5.58 Å².